The Kier molecular flexibility index (Phi) is 5.58. The molecule has 8 nitrogen and oxygen atoms in total. The van der Waals surface area contributed by atoms with Crippen LogP contribution in [0.5, 0.6) is 0 Å². The third-order valence-corrected chi connectivity index (χ3v) is 4.43. The predicted octanol–water partition coefficient (Wildman–Crippen LogP) is 2.65. The van der Waals surface area contributed by atoms with Crippen molar-refractivity contribution in [3.05, 3.63) is 59.0 Å². The molecule has 1 atom stereocenters. The number of pyridine rings is 1. The van der Waals surface area contributed by atoms with Gasteiger partial charge in [0.15, 0.2) is 11.5 Å². The summed E-state index contributed by atoms with van der Waals surface area (Å²) in [6, 6.07) is 8.76. The van der Waals surface area contributed by atoms with Crippen LogP contribution < -0.4 is 16.0 Å². The van der Waals surface area contributed by atoms with E-state index in [1.165, 1.54) is 0 Å². The van der Waals surface area contributed by atoms with Crippen molar-refractivity contribution in [1.29, 1.82) is 0 Å². The third kappa shape index (κ3) is 4.28. The molecule has 0 spiro atoms. The zero-order valence-corrected chi connectivity index (χ0v) is 16.4. The van der Waals surface area contributed by atoms with Gasteiger partial charge in [-0.25, -0.2) is 4.79 Å². The molecule has 3 N–H and O–H groups in total. The molecule has 0 saturated carbocycles. The minimum atomic E-state index is -0.451. The van der Waals surface area contributed by atoms with Crippen LogP contribution >= 0.6 is 0 Å². The molecule has 0 fully saturated rings. The van der Waals surface area contributed by atoms with Gasteiger partial charge in [0.1, 0.15) is 0 Å². The Morgan fingerprint density at radius 2 is 1.82 bits per heavy atom. The van der Waals surface area contributed by atoms with E-state index in [0.717, 1.165) is 22.4 Å². The van der Waals surface area contributed by atoms with Gasteiger partial charge in [-0.15, -0.1) is 10.2 Å². The van der Waals surface area contributed by atoms with E-state index in [4.69, 9.17) is 0 Å². The van der Waals surface area contributed by atoms with E-state index in [-0.39, 0.29) is 18.5 Å². The number of benzene rings is 1. The molecule has 0 aliphatic rings. The van der Waals surface area contributed by atoms with Crippen LogP contribution in [-0.2, 0) is 4.79 Å². The topological polar surface area (TPSA) is 100 Å². The van der Waals surface area contributed by atoms with Crippen molar-refractivity contribution in [2.24, 2.45) is 0 Å². The number of carbonyl (C=O) groups excluding carboxylic acids is 2. The Bertz CT molecular complexity index is 1000. The third-order valence-electron chi connectivity index (χ3n) is 4.43. The largest absolute Gasteiger partial charge is 0.329 e. The van der Waals surface area contributed by atoms with Crippen LogP contribution in [0.4, 0.5) is 10.5 Å². The number of carbonyl (C=O) groups is 2. The first-order valence-electron chi connectivity index (χ1n) is 9.07. The first kappa shape index (κ1) is 19.3. The van der Waals surface area contributed by atoms with E-state index >= 15 is 0 Å². The van der Waals surface area contributed by atoms with Crippen molar-refractivity contribution in [1.82, 2.24) is 25.2 Å². The molecular weight excluding hydrogens is 356 g/mol. The van der Waals surface area contributed by atoms with Crippen LogP contribution in [0.25, 0.3) is 5.65 Å². The highest BCUT2D eigenvalue weighted by molar-refractivity contribution is 5.95. The zero-order valence-electron chi connectivity index (χ0n) is 16.4. The van der Waals surface area contributed by atoms with Gasteiger partial charge >= 0.3 is 6.03 Å². The number of hydrogen-bond acceptors (Lipinski definition) is 4. The summed E-state index contributed by atoms with van der Waals surface area (Å²) < 4.78 is 1.81. The van der Waals surface area contributed by atoms with Crippen molar-refractivity contribution in [2.75, 3.05) is 11.9 Å². The SMILES string of the molecule is Cc1cc(C)c(NC(=O)CNC(=O)NC(C)c2nnc3ccccn23)c(C)c1. The van der Waals surface area contributed by atoms with Crippen LogP contribution in [0.15, 0.2) is 36.5 Å². The molecule has 1 unspecified atom stereocenters. The molecule has 3 rings (SSSR count). The van der Waals surface area contributed by atoms with Gasteiger partial charge in [0.05, 0.1) is 12.6 Å². The van der Waals surface area contributed by atoms with Crippen molar-refractivity contribution in [2.45, 2.75) is 33.7 Å². The maximum atomic E-state index is 12.2. The van der Waals surface area contributed by atoms with E-state index in [2.05, 4.69) is 26.1 Å². The summed E-state index contributed by atoms with van der Waals surface area (Å²) in [5.41, 5.74) is 4.60. The van der Waals surface area contributed by atoms with Gasteiger partial charge in [-0.2, -0.15) is 0 Å². The lowest BCUT2D eigenvalue weighted by Crippen LogP contribution is -2.41. The molecule has 146 valence electrons. The molecule has 0 aliphatic heterocycles. The zero-order chi connectivity index (χ0) is 20.3. The van der Waals surface area contributed by atoms with Gasteiger partial charge in [-0.3, -0.25) is 9.20 Å². The van der Waals surface area contributed by atoms with Crippen molar-refractivity contribution in [3.8, 4) is 0 Å². The molecule has 2 heterocycles. The standard InChI is InChI=1S/C20H24N6O2/c1-12-9-13(2)18(14(3)10-12)23-17(27)11-21-20(28)22-15(4)19-25-24-16-7-5-6-8-26(16)19/h5-10,15H,11H2,1-4H3,(H,23,27)(H2,21,22,28). The Morgan fingerprint density at radius 1 is 1.11 bits per heavy atom. The monoisotopic (exact) mass is 380 g/mol. The normalized spacial score (nSPS) is 11.9. The summed E-state index contributed by atoms with van der Waals surface area (Å²) in [6.45, 7) is 7.58. The lowest BCUT2D eigenvalue weighted by molar-refractivity contribution is -0.115. The predicted molar refractivity (Wildman–Crippen MR) is 107 cm³/mol. The van der Waals surface area contributed by atoms with Crippen LogP contribution in [0.1, 0.15) is 35.5 Å². The summed E-state index contributed by atoms with van der Waals surface area (Å²) in [7, 11) is 0. The lowest BCUT2D eigenvalue weighted by Gasteiger charge is -2.15. The first-order chi connectivity index (χ1) is 13.3. The molecule has 1 aromatic carbocycles. The van der Waals surface area contributed by atoms with Gasteiger partial charge in [0.2, 0.25) is 5.91 Å². The van der Waals surface area contributed by atoms with Gasteiger partial charge in [-0.1, -0.05) is 23.8 Å². The Morgan fingerprint density at radius 3 is 2.54 bits per heavy atom. The molecule has 0 bridgehead atoms. The fourth-order valence-corrected chi connectivity index (χ4v) is 3.19. The smallest absolute Gasteiger partial charge is 0.315 e. The number of hydrogen-bond donors (Lipinski definition) is 3. The lowest BCUT2D eigenvalue weighted by atomic mass is 10.1. The highest BCUT2D eigenvalue weighted by atomic mass is 16.2. The number of fused-ring (bicyclic) bond motifs is 1. The quantitative estimate of drug-likeness (QED) is 0.633. The van der Waals surface area contributed by atoms with Crippen LogP contribution in [0, 0.1) is 20.8 Å². The average Bonchev–Trinajstić information content (AvgIpc) is 3.07. The molecule has 0 saturated heterocycles. The molecule has 8 heteroatoms. The minimum Gasteiger partial charge on any atom is -0.329 e. The second-order valence-electron chi connectivity index (χ2n) is 6.86. The number of amides is 3. The Balaban J connectivity index is 1.55. The second-order valence-corrected chi connectivity index (χ2v) is 6.86. The molecule has 3 aromatic rings. The highest BCUT2D eigenvalue weighted by Gasteiger charge is 2.16. The molecule has 0 aliphatic carbocycles. The maximum Gasteiger partial charge on any atom is 0.315 e. The maximum absolute atomic E-state index is 12.2. The number of aryl methyl sites for hydroxylation is 3. The highest BCUT2D eigenvalue weighted by Crippen LogP contribution is 2.21. The molecule has 0 radical (unpaired) electrons. The molecule has 3 amide bonds. The van der Waals surface area contributed by atoms with E-state index < -0.39 is 6.03 Å². The number of nitrogens with one attached hydrogen (secondary N) is 3. The van der Waals surface area contributed by atoms with Crippen molar-refractivity contribution >= 4 is 23.3 Å². The van der Waals surface area contributed by atoms with Crippen molar-refractivity contribution in [3.63, 3.8) is 0 Å². The number of anilines is 1. The number of nitrogens with zero attached hydrogens (tertiary/aromatic N) is 3. The van der Waals surface area contributed by atoms with E-state index in [0.29, 0.717) is 11.5 Å². The number of urea groups is 1. The van der Waals surface area contributed by atoms with Gasteiger partial charge in [-0.05, 0) is 51.0 Å². The first-order valence-corrected chi connectivity index (χ1v) is 9.07. The summed E-state index contributed by atoms with van der Waals surface area (Å²) in [5.74, 6) is 0.326. The van der Waals surface area contributed by atoms with Crippen LogP contribution in [-0.4, -0.2) is 33.1 Å². The summed E-state index contributed by atoms with van der Waals surface area (Å²) in [4.78, 5) is 24.4. The summed E-state index contributed by atoms with van der Waals surface area (Å²) in [6.07, 6.45) is 1.83. The molecular formula is C20H24N6O2. The Hall–Kier alpha value is -3.42. The van der Waals surface area contributed by atoms with E-state index in [9.17, 15) is 9.59 Å². The van der Waals surface area contributed by atoms with Gasteiger partial charge in [0.25, 0.3) is 0 Å². The van der Waals surface area contributed by atoms with Crippen molar-refractivity contribution < 1.29 is 9.59 Å². The Labute approximate surface area is 163 Å². The van der Waals surface area contributed by atoms with E-state index in [1.54, 1.807) is 4.40 Å². The van der Waals surface area contributed by atoms with Gasteiger partial charge < -0.3 is 16.0 Å². The molecule has 28 heavy (non-hydrogen) atoms. The summed E-state index contributed by atoms with van der Waals surface area (Å²) >= 11 is 0. The van der Waals surface area contributed by atoms with E-state index in [1.807, 2.05) is 64.2 Å². The molecule has 2 aromatic heterocycles. The minimum absolute atomic E-state index is 0.133. The number of aromatic nitrogens is 3. The fraction of sp³-hybridized carbons (Fsp3) is 0.300. The number of rotatable bonds is 5. The second kappa shape index (κ2) is 8.08. The van der Waals surface area contributed by atoms with Gasteiger partial charge in [0, 0.05) is 11.9 Å². The van der Waals surface area contributed by atoms with Crippen LogP contribution in [0.3, 0.4) is 0 Å². The average molecular weight is 380 g/mol. The fourth-order valence-electron chi connectivity index (χ4n) is 3.19. The van der Waals surface area contributed by atoms with Crippen LogP contribution in [0.2, 0.25) is 0 Å². The summed E-state index contributed by atoms with van der Waals surface area (Å²) in [5, 5.41) is 16.4.